The van der Waals surface area contributed by atoms with E-state index in [1.807, 2.05) is 48.5 Å². The smallest absolute Gasteiger partial charge is 0.316 e. The standard InChI is InChI=1S/C21H22O5/c1-24-17-10-6-4-8-13(17)15-12-16(22)20(21(23)26-3)19(15)14-9-5-7-11-18(14)25-2/h4-11,15,19-20H,12H2,1-3H3/t15-,19-,20-/m0/s1. The Labute approximate surface area is 152 Å². The molecular formula is C21H22O5. The van der Waals surface area contributed by atoms with Gasteiger partial charge in [0.25, 0.3) is 0 Å². The lowest BCUT2D eigenvalue weighted by Crippen LogP contribution is -2.26. The zero-order valence-corrected chi connectivity index (χ0v) is 15.1. The molecule has 0 heterocycles. The molecule has 1 aliphatic carbocycles. The van der Waals surface area contributed by atoms with Gasteiger partial charge in [-0.15, -0.1) is 0 Å². The molecule has 5 heteroatoms. The molecule has 3 rings (SSSR count). The number of hydrogen-bond donors (Lipinski definition) is 0. The second-order valence-electron chi connectivity index (χ2n) is 6.29. The highest BCUT2D eigenvalue weighted by Crippen LogP contribution is 2.52. The van der Waals surface area contributed by atoms with Gasteiger partial charge >= 0.3 is 5.97 Å². The molecule has 0 spiro atoms. The highest BCUT2D eigenvalue weighted by molar-refractivity contribution is 6.03. The van der Waals surface area contributed by atoms with Crippen LogP contribution < -0.4 is 9.47 Å². The largest absolute Gasteiger partial charge is 0.496 e. The molecule has 0 saturated heterocycles. The van der Waals surface area contributed by atoms with E-state index in [1.165, 1.54) is 7.11 Å². The molecule has 0 bridgehead atoms. The molecular weight excluding hydrogens is 332 g/mol. The molecule has 5 nitrogen and oxygen atoms in total. The summed E-state index contributed by atoms with van der Waals surface area (Å²) in [6, 6.07) is 15.1. The maximum atomic E-state index is 12.8. The van der Waals surface area contributed by atoms with Crippen molar-refractivity contribution < 1.29 is 23.8 Å². The van der Waals surface area contributed by atoms with Crippen molar-refractivity contribution in [3.05, 3.63) is 59.7 Å². The number of hydrogen-bond acceptors (Lipinski definition) is 5. The third kappa shape index (κ3) is 3.05. The van der Waals surface area contributed by atoms with Crippen molar-refractivity contribution in [2.75, 3.05) is 21.3 Å². The molecule has 1 aliphatic rings. The highest BCUT2D eigenvalue weighted by atomic mass is 16.5. The van der Waals surface area contributed by atoms with Crippen LogP contribution in [0.4, 0.5) is 0 Å². The topological polar surface area (TPSA) is 61.8 Å². The summed E-state index contributed by atoms with van der Waals surface area (Å²) in [7, 11) is 4.50. The van der Waals surface area contributed by atoms with Gasteiger partial charge in [0.2, 0.25) is 0 Å². The number of esters is 1. The van der Waals surface area contributed by atoms with Crippen molar-refractivity contribution in [2.24, 2.45) is 5.92 Å². The Kier molecular flexibility index (Phi) is 5.26. The van der Waals surface area contributed by atoms with E-state index in [2.05, 4.69) is 0 Å². The van der Waals surface area contributed by atoms with Gasteiger partial charge in [0, 0.05) is 18.3 Å². The van der Waals surface area contributed by atoms with E-state index < -0.39 is 11.9 Å². The van der Waals surface area contributed by atoms with E-state index in [4.69, 9.17) is 14.2 Å². The second-order valence-corrected chi connectivity index (χ2v) is 6.29. The molecule has 136 valence electrons. The van der Waals surface area contributed by atoms with Gasteiger partial charge in [0.1, 0.15) is 23.2 Å². The van der Waals surface area contributed by atoms with Crippen LogP contribution in [0.1, 0.15) is 29.4 Å². The molecule has 26 heavy (non-hydrogen) atoms. The van der Waals surface area contributed by atoms with Crippen LogP contribution in [0.5, 0.6) is 11.5 Å². The predicted octanol–water partition coefficient (Wildman–Crippen LogP) is 3.33. The minimum absolute atomic E-state index is 0.122. The Balaban J connectivity index is 2.17. The van der Waals surface area contributed by atoms with Crippen LogP contribution in [0.25, 0.3) is 0 Å². The predicted molar refractivity (Wildman–Crippen MR) is 96.6 cm³/mol. The molecule has 0 N–H and O–H groups in total. The Morgan fingerprint density at radius 1 is 0.885 bits per heavy atom. The van der Waals surface area contributed by atoms with Crippen LogP contribution in [0.15, 0.2) is 48.5 Å². The third-order valence-electron chi connectivity index (χ3n) is 5.05. The summed E-state index contributed by atoms with van der Waals surface area (Å²) in [5.41, 5.74) is 1.73. The molecule has 1 fully saturated rings. The van der Waals surface area contributed by atoms with E-state index in [0.29, 0.717) is 11.5 Å². The van der Waals surface area contributed by atoms with E-state index in [-0.39, 0.29) is 24.0 Å². The van der Waals surface area contributed by atoms with Crippen molar-refractivity contribution in [3.63, 3.8) is 0 Å². The fraction of sp³-hybridized carbons (Fsp3) is 0.333. The summed E-state index contributed by atoms with van der Waals surface area (Å²) in [5.74, 6) is -0.698. The molecule has 2 aromatic rings. The minimum atomic E-state index is -0.855. The first kappa shape index (κ1) is 18.0. The molecule has 0 aliphatic heterocycles. The minimum Gasteiger partial charge on any atom is -0.496 e. The zero-order chi connectivity index (χ0) is 18.7. The summed E-state index contributed by atoms with van der Waals surface area (Å²) in [6.07, 6.45) is 0.253. The third-order valence-corrected chi connectivity index (χ3v) is 5.05. The lowest BCUT2D eigenvalue weighted by atomic mass is 9.79. The molecule has 0 aromatic heterocycles. The van der Waals surface area contributed by atoms with Gasteiger partial charge in [-0.2, -0.15) is 0 Å². The number of ether oxygens (including phenoxy) is 3. The van der Waals surface area contributed by atoms with Crippen LogP contribution >= 0.6 is 0 Å². The van der Waals surface area contributed by atoms with E-state index in [1.54, 1.807) is 14.2 Å². The van der Waals surface area contributed by atoms with Gasteiger partial charge in [0.15, 0.2) is 0 Å². The van der Waals surface area contributed by atoms with Gasteiger partial charge in [-0.25, -0.2) is 0 Å². The SMILES string of the molecule is COC(=O)[C@H]1C(=O)C[C@@H](c2ccccc2OC)[C@@H]1c1ccccc1OC. The average molecular weight is 354 g/mol. The summed E-state index contributed by atoms with van der Waals surface area (Å²) >= 11 is 0. The summed E-state index contributed by atoms with van der Waals surface area (Å²) in [5, 5.41) is 0. The molecule has 2 aromatic carbocycles. The number of Topliss-reactive ketones (excluding diaryl/α,β-unsaturated/α-hetero) is 1. The fourth-order valence-electron chi connectivity index (χ4n) is 3.92. The van der Waals surface area contributed by atoms with Crippen molar-refractivity contribution >= 4 is 11.8 Å². The monoisotopic (exact) mass is 354 g/mol. The second kappa shape index (κ2) is 7.60. The van der Waals surface area contributed by atoms with Gasteiger partial charge < -0.3 is 14.2 Å². The average Bonchev–Trinajstić information content (AvgIpc) is 3.03. The number of carbonyl (C=O) groups excluding carboxylic acids is 2. The molecule has 0 amide bonds. The van der Waals surface area contributed by atoms with Crippen molar-refractivity contribution in [1.29, 1.82) is 0 Å². The Hall–Kier alpha value is -2.82. The van der Waals surface area contributed by atoms with E-state index in [9.17, 15) is 9.59 Å². The quantitative estimate of drug-likeness (QED) is 0.609. The van der Waals surface area contributed by atoms with Crippen LogP contribution in [-0.4, -0.2) is 33.1 Å². The van der Waals surface area contributed by atoms with Gasteiger partial charge in [-0.1, -0.05) is 36.4 Å². The number of methoxy groups -OCH3 is 3. The van der Waals surface area contributed by atoms with E-state index in [0.717, 1.165) is 11.1 Å². The first-order valence-corrected chi connectivity index (χ1v) is 8.48. The first-order chi connectivity index (χ1) is 12.6. The maximum Gasteiger partial charge on any atom is 0.316 e. The summed E-state index contributed by atoms with van der Waals surface area (Å²) in [6.45, 7) is 0. The molecule has 0 unspecified atom stereocenters. The zero-order valence-electron chi connectivity index (χ0n) is 15.1. The maximum absolute atomic E-state index is 12.8. The van der Waals surface area contributed by atoms with Crippen molar-refractivity contribution in [1.82, 2.24) is 0 Å². The Bertz CT molecular complexity index is 814. The molecule has 1 saturated carbocycles. The Morgan fingerprint density at radius 2 is 1.42 bits per heavy atom. The van der Waals surface area contributed by atoms with Gasteiger partial charge in [0.05, 0.1) is 21.3 Å². The van der Waals surface area contributed by atoms with Crippen LogP contribution in [-0.2, 0) is 14.3 Å². The Morgan fingerprint density at radius 3 is 2.00 bits per heavy atom. The first-order valence-electron chi connectivity index (χ1n) is 8.48. The number of rotatable bonds is 5. The number of para-hydroxylation sites is 2. The highest BCUT2D eigenvalue weighted by Gasteiger charge is 2.49. The number of ketones is 1. The molecule has 3 atom stereocenters. The van der Waals surface area contributed by atoms with Crippen LogP contribution in [0, 0.1) is 5.92 Å². The van der Waals surface area contributed by atoms with Crippen LogP contribution in [0.2, 0.25) is 0 Å². The summed E-state index contributed by atoms with van der Waals surface area (Å²) in [4.78, 5) is 25.2. The normalized spacial score (nSPS) is 22.1. The van der Waals surface area contributed by atoms with Gasteiger partial charge in [-0.05, 0) is 23.3 Å². The fourth-order valence-corrected chi connectivity index (χ4v) is 3.92. The number of benzene rings is 2. The summed E-state index contributed by atoms with van der Waals surface area (Å²) < 4.78 is 15.9. The van der Waals surface area contributed by atoms with Gasteiger partial charge in [-0.3, -0.25) is 9.59 Å². The van der Waals surface area contributed by atoms with Crippen molar-refractivity contribution in [3.8, 4) is 11.5 Å². The lowest BCUT2D eigenvalue weighted by Gasteiger charge is -2.26. The van der Waals surface area contributed by atoms with Crippen LogP contribution in [0.3, 0.4) is 0 Å². The number of carbonyl (C=O) groups is 2. The van der Waals surface area contributed by atoms with Crippen molar-refractivity contribution in [2.45, 2.75) is 18.3 Å². The lowest BCUT2D eigenvalue weighted by molar-refractivity contribution is -0.148. The van der Waals surface area contributed by atoms with E-state index >= 15 is 0 Å². The molecule has 0 radical (unpaired) electrons.